The van der Waals surface area contributed by atoms with Gasteiger partial charge in [-0.25, -0.2) is 0 Å². The van der Waals surface area contributed by atoms with Crippen molar-refractivity contribution < 1.29 is 9.59 Å². The highest BCUT2D eigenvalue weighted by atomic mass is 16.2. The summed E-state index contributed by atoms with van der Waals surface area (Å²) in [4.78, 5) is 30.1. The summed E-state index contributed by atoms with van der Waals surface area (Å²) in [6, 6.07) is 17.1. The van der Waals surface area contributed by atoms with Crippen LogP contribution in [0.1, 0.15) is 39.1 Å². The molecule has 6 heteroatoms. The number of imide groups is 1. The average molecular weight is 364 g/mol. The third-order valence-corrected chi connectivity index (χ3v) is 4.51. The van der Waals surface area contributed by atoms with E-state index in [9.17, 15) is 9.59 Å². The molecule has 2 aromatic carbocycles. The number of unbranched alkanes of at least 4 members (excludes halogenated alkanes) is 1. The van der Waals surface area contributed by atoms with Gasteiger partial charge in [0, 0.05) is 19.6 Å². The van der Waals surface area contributed by atoms with Crippen molar-refractivity contribution in [1.82, 2.24) is 10.2 Å². The van der Waals surface area contributed by atoms with Crippen LogP contribution in [0.4, 0.5) is 0 Å². The second-order valence-corrected chi connectivity index (χ2v) is 6.44. The van der Waals surface area contributed by atoms with Crippen molar-refractivity contribution in [3.63, 3.8) is 0 Å². The number of nitrogens with two attached hydrogens (primary N) is 1. The second kappa shape index (κ2) is 8.98. The Bertz CT molecular complexity index is 798. The minimum absolute atomic E-state index is 0.207. The highest BCUT2D eigenvalue weighted by molar-refractivity contribution is 6.21. The van der Waals surface area contributed by atoms with E-state index in [2.05, 4.69) is 22.4 Å². The van der Waals surface area contributed by atoms with E-state index in [0.29, 0.717) is 36.6 Å². The lowest BCUT2D eigenvalue weighted by Crippen LogP contribution is -2.33. The molecule has 0 radical (unpaired) electrons. The van der Waals surface area contributed by atoms with Crippen LogP contribution in [-0.4, -0.2) is 42.3 Å². The lowest BCUT2D eigenvalue weighted by atomic mass is 10.1. The number of aliphatic imine (C=N–C) groups is 1. The van der Waals surface area contributed by atoms with E-state index in [1.807, 2.05) is 18.2 Å². The molecule has 0 aromatic heterocycles. The lowest BCUT2D eigenvalue weighted by molar-refractivity contribution is 0.0652. The Hall–Kier alpha value is -3.15. The maximum atomic E-state index is 12.3. The van der Waals surface area contributed by atoms with Gasteiger partial charge in [-0.3, -0.25) is 19.5 Å². The van der Waals surface area contributed by atoms with E-state index in [0.717, 1.165) is 19.4 Å². The van der Waals surface area contributed by atoms with Crippen LogP contribution >= 0.6 is 0 Å². The van der Waals surface area contributed by atoms with Crippen molar-refractivity contribution in [3.8, 4) is 0 Å². The SMILES string of the molecule is NC(=NCCCCN1C(=O)c2ccccc2C1=O)NCCc1ccccc1. The van der Waals surface area contributed by atoms with Gasteiger partial charge in [-0.1, -0.05) is 42.5 Å². The Morgan fingerprint density at radius 2 is 1.56 bits per heavy atom. The fraction of sp³-hybridized carbons (Fsp3) is 0.286. The van der Waals surface area contributed by atoms with Crippen molar-refractivity contribution in [3.05, 3.63) is 71.3 Å². The Morgan fingerprint density at radius 1 is 0.926 bits per heavy atom. The van der Waals surface area contributed by atoms with Gasteiger partial charge >= 0.3 is 0 Å². The molecule has 27 heavy (non-hydrogen) atoms. The van der Waals surface area contributed by atoms with Crippen LogP contribution in [0.3, 0.4) is 0 Å². The molecule has 1 heterocycles. The number of nitrogens with one attached hydrogen (secondary N) is 1. The van der Waals surface area contributed by atoms with Gasteiger partial charge in [0.1, 0.15) is 0 Å². The van der Waals surface area contributed by atoms with Crippen LogP contribution < -0.4 is 11.1 Å². The number of fused-ring (bicyclic) bond motifs is 1. The minimum atomic E-state index is -0.207. The molecule has 1 aliphatic heterocycles. The van der Waals surface area contributed by atoms with E-state index in [-0.39, 0.29) is 11.8 Å². The van der Waals surface area contributed by atoms with Crippen molar-refractivity contribution in [2.75, 3.05) is 19.6 Å². The van der Waals surface area contributed by atoms with Crippen molar-refractivity contribution in [2.24, 2.45) is 10.7 Å². The van der Waals surface area contributed by atoms with Crippen LogP contribution in [0.2, 0.25) is 0 Å². The summed E-state index contributed by atoms with van der Waals surface area (Å²) in [7, 11) is 0. The molecule has 0 atom stereocenters. The first-order valence-corrected chi connectivity index (χ1v) is 9.20. The Balaban J connectivity index is 1.35. The third kappa shape index (κ3) is 4.73. The van der Waals surface area contributed by atoms with Gasteiger partial charge < -0.3 is 11.1 Å². The Kier molecular flexibility index (Phi) is 6.20. The van der Waals surface area contributed by atoms with Gasteiger partial charge in [0.15, 0.2) is 5.96 Å². The van der Waals surface area contributed by atoms with Crippen LogP contribution in [0.5, 0.6) is 0 Å². The third-order valence-electron chi connectivity index (χ3n) is 4.51. The maximum Gasteiger partial charge on any atom is 0.261 e. The van der Waals surface area contributed by atoms with Gasteiger partial charge in [-0.2, -0.15) is 0 Å². The number of rotatable bonds is 8. The number of guanidine groups is 1. The minimum Gasteiger partial charge on any atom is -0.370 e. The zero-order valence-corrected chi connectivity index (χ0v) is 15.2. The molecule has 0 saturated heterocycles. The molecule has 1 aliphatic rings. The molecule has 0 fully saturated rings. The van der Waals surface area contributed by atoms with E-state index in [1.54, 1.807) is 24.3 Å². The van der Waals surface area contributed by atoms with Crippen molar-refractivity contribution in [1.29, 1.82) is 0 Å². The summed E-state index contributed by atoms with van der Waals surface area (Å²) in [5.74, 6) is 0.00838. The quantitative estimate of drug-likeness (QED) is 0.325. The zero-order chi connectivity index (χ0) is 19.1. The van der Waals surface area contributed by atoms with Crippen LogP contribution in [-0.2, 0) is 6.42 Å². The van der Waals surface area contributed by atoms with Gasteiger partial charge in [-0.15, -0.1) is 0 Å². The summed E-state index contributed by atoms with van der Waals surface area (Å²) >= 11 is 0. The van der Waals surface area contributed by atoms with Crippen LogP contribution in [0.15, 0.2) is 59.6 Å². The fourth-order valence-corrected chi connectivity index (χ4v) is 3.06. The summed E-state index contributed by atoms with van der Waals surface area (Å²) < 4.78 is 0. The van der Waals surface area contributed by atoms with Crippen LogP contribution in [0.25, 0.3) is 0 Å². The van der Waals surface area contributed by atoms with E-state index < -0.39 is 0 Å². The fourth-order valence-electron chi connectivity index (χ4n) is 3.06. The second-order valence-electron chi connectivity index (χ2n) is 6.44. The van der Waals surface area contributed by atoms with Crippen LogP contribution in [0, 0.1) is 0 Å². The molecule has 0 spiro atoms. The predicted molar refractivity (Wildman–Crippen MR) is 106 cm³/mol. The Morgan fingerprint density at radius 3 is 2.22 bits per heavy atom. The normalized spacial score (nSPS) is 13.8. The first-order chi connectivity index (χ1) is 13.2. The number of amides is 2. The molecule has 140 valence electrons. The van der Waals surface area contributed by atoms with Gasteiger partial charge in [0.25, 0.3) is 11.8 Å². The van der Waals surface area contributed by atoms with Gasteiger partial charge in [0.2, 0.25) is 0 Å². The number of hydrogen-bond acceptors (Lipinski definition) is 3. The molecular formula is C21H24N4O2. The smallest absolute Gasteiger partial charge is 0.261 e. The molecular weight excluding hydrogens is 340 g/mol. The highest BCUT2D eigenvalue weighted by Gasteiger charge is 2.34. The molecule has 3 N–H and O–H groups in total. The standard InChI is InChI=1S/C21H24N4O2/c22-21(24-14-12-16-8-2-1-3-9-16)23-13-6-7-15-25-19(26)17-10-4-5-11-18(17)20(25)27/h1-5,8-11H,6-7,12-15H2,(H3,22,23,24). The largest absolute Gasteiger partial charge is 0.370 e. The number of hydrogen-bond donors (Lipinski definition) is 2. The monoisotopic (exact) mass is 364 g/mol. The van der Waals surface area contributed by atoms with Crippen molar-refractivity contribution >= 4 is 17.8 Å². The Labute approximate surface area is 159 Å². The molecule has 0 saturated carbocycles. The number of carbonyl (C=O) groups excluding carboxylic acids is 2. The molecule has 0 unspecified atom stereocenters. The first-order valence-electron chi connectivity index (χ1n) is 9.20. The lowest BCUT2D eigenvalue weighted by Gasteiger charge is -2.13. The number of benzene rings is 2. The summed E-state index contributed by atoms with van der Waals surface area (Å²) in [5, 5.41) is 3.10. The molecule has 2 aromatic rings. The zero-order valence-electron chi connectivity index (χ0n) is 15.2. The number of nitrogens with zero attached hydrogens (tertiary/aromatic N) is 2. The van der Waals surface area contributed by atoms with E-state index in [1.165, 1.54) is 10.5 Å². The predicted octanol–water partition coefficient (Wildman–Crippen LogP) is 2.21. The average Bonchev–Trinajstić information content (AvgIpc) is 2.93. The summed E-state index contributed by atoms with van der Waals surface area (Å²) in [6.07, 6.45) is 2.34. The maximum absolute atomic E-state index is 12.3. The van der Waals surface area contributed by atoms with E-state index >= 15 is 0 Å². The molecule has 6 nitrogen and oxygen atoms in total. The molecule has 2 amide bonds. The number of carbonyl (C=O) groups is 2. The summed E-state index contributed by atoms with van der Waals surface area (Å²) in [5.41, 5.74) is 8.10. The molecule has 0 bridgehead atoms. The van der Waals surface area contributed by atoms with Crippen molar-refractivity contribution in [2.45, 2.75) is 19.3 Å². The first kappa shape index (κ1) is 18.6. The van der Waals surface area contributed by atoms with E-state index in [4.69, 9.17) is 5.73 Å². The molecule has 0 aliphatic carbocycles. The topological polar surface area (TPSA) is 87.8 Å². The highest BCUT2D eigenvalue weighted by Crippen LogP contribution is 2.22. The molecule has 3 rings (SSSR count). The van der Waals surface area contributed by atoms with Gasteiger partial charge in [-0.05, 0) is 37.0 Å². The summed E-state index contributed by atoms with van der Waals surface area (Å²) in [6.45, 7) is 1.70. The van der Waals surface area contributed by atoms with Gasteiger partial charge in [0.05, 0.1) is 11.1 Å².